The van der Waals surface area contributed by atoms with Crippen LogP contribution in [-0.2, 0) is 4.79 Å². The first-order valence-corrected chi connectivity index (χ1v) is 7.54. The van der Waals surface area contributed by atoms with Crippen molar-refractivity contribution in [2.75, 3.05) is 0 Å². The van der Waals surface area contributed by atoms with E-state index in [1.165, 1.54) is 19.3 Å². The van der Waals surface area contributed by atoms with Crippen LogP contribution in [0.2, 0.25) is 0 Å². The number of hydrogen-bond acceptors (Lipinski definition) is 2. The summed E-state index contributed by atoms with van der Waals surface area (Å²) in [6.45, 7) is 6.56. The molecule has 114 valence electrons. The van der Waals surface area contributed by atoms with Crippen molar-refractivity contribution in [3.05, 3.63) is 0 Å². The molecular weight excluding hydrogens is 260 g/mol. The summed E-state index contributed by atoms with van der Waals surface area (Å²) in [7, 11) is 0. The van der Waals surface area contributed by atoms with Gasteiger partial charge in [0.25, 0.3) is 0 Å². The minimum atomic E-state index is -0.593. The molecule has 4 heteroatoms. The van der Waals surface area contributed by atoms with Crippen LogP contribution in [-0.4, -0.2) is 17.5 Å². The number of rotatable bonds is 6. The van der Waals surface area contributed by atoms with Gasteiger partial charge >= 0.3 is 0 Å². The lowest BCUT2D eigenvalue weighted by Gasteiger charge is -2.33. The molecule has 3 nitrogen and oxygen atoms in total. The third-order valence-corrected chi connectivity index (χ3v) is 3.99. The second kappa shape index (κ2) is 8.80. The first-order valence-electron chi connectivity index (χ1n) is 7.54. The van der Waals surface area contributed by atoms with Gasteiger partial charge in [-0.3, -0.25) is 4.79 Å². The predicted molar refractivity (Wildman–Crippen MR) is 83.5 cm³/mol. The molecular formula is C15H31ClN2O. The minimum absolute atomic E-state index is 0. The largest absolute Gasteiger partial charge is 0.352 e. The molecule has 0 aromatic carbocycles. The molecule has 0 aliphatic heterocycles. The molecule has 0 aromatic rings. The van der Waals surface area contributed by atoms with Gasteiger partial charge in [0.1, 0.15) is 0 Å². The SMILES string of the molecule is CC(C)CCCC(C)NC(=O)C1(N)CCCCC1.Cl. The van der Waals surface area contributed by atoms with Crippen molar-refractivity contribution in [2.24, 2.45) is 11.7 Å². The first kappa shape index (κ1) is 18.7. The minimum Gasteiger partial charge on any atom is -0.352 e. The summed E-state index contributed by atoms with van der Waals surface area (Å²) in [6.07, 6.45) is 8.55. The summed E-state index contributed by atoms with van der Waals surface area (Å²) >= 11 is 0. The van der Waals surface area contributed by atoms with Crippen LogP contribution in [0.4, 0.5) is 0 Å². The highest BCUT2D eigenvalue weighted by Gasteiger charge is 2.35. The van der Waals surface area contributed by atoms with Crippen molar-refractivity contribution in [1.29, 1.82) is 0 Å². The number of hydrogen-bond donors (Lipinski definition) is 2. The van der Waals surface area contributed by atoms with E-state index >= 15 is 0 Å². The molecule has 19 heavy (non-hydrogen) atoms. The van der Waals surface area contributed by atoms with Crippen LogP contribution in [0.3, 0.4) is 0 Å². The molecule has 0 radical (unpaired) electrons. The van der Waals surface area contributed by atoms with Crippen LogP contribution in [0.25, 0.3) is 0 Å². The van der Waals surface area contributed by atoms with E-state index in [4.69, 9.17) is 5.73 Å². The molecule has 0 saturated heterocycles. The van der Waals surface area contributed by atoms with E-state index in [-0.39, 0.29) is 24.4 Å². The van der Waals surface area contributed by atoms with E-state index in [1.54, 1.807) is 0 Å². The highest BCUT2D eigenvalue weighted by Crippen LogP contribution is 2.26. The fourth-order valence-electron chi connectivity index (χ4n) is 2.68. The van der Waals surface area contributed by atoms with Crippen molar-refractivity contribution >= 4 is 18.3 Å². The summed E-state index contributed by atoms with van der Waals surface area (Å²) in [6, 6.07) is 0.249. The van der Waals surface area contributed by atoms with Gasteiger partial charge in [0.15, 0.2) is 0 Å². The fourth-order valence-corrected chi connectivity index (χ4v) is 2.68. The average molecular weight is 291 g/mol. The Hall–Kier alpha value is -0.280. The highest BCUT2D eigenvalue weighted by atomic mass is 35.5. The summed E-state index contributed by atoms with van der Waals surface area (Å²) < 4.78 is 0. The Morgan fingerprint density at radius 1 is 1.16 bits per heavy atom. The van der Waals surface area contributed by atoms with Gasteiger partial charge in [0.05, 0.1) is 5.54 Å². The lowest BCUT2D eigenvalue weighted by molar-refractivity contribution is -0.128. The van der Waals surface area contributed by atoms with Crippen LogP contribution in [0.5, 0.6) is 0 Å². The predicted octanol–water partition coefficient (Wildman–Crippen LogP) is 3.40. The monoisotopic (exact) mass is 290 g/mol. The number of nitrogens with one attached hydrogen (secondary N) is 1. The number of amides is 1. The van der Waals surface area contributed by atoms with Crippen LogP contribution < -0.4 is 11.1 Å². The fraction of sp³-hybridized carbons (Fsp3) is 0.933. The maximum absolute atomic E-state index is 12.2. The summed E-state index contributed by atoms with van der Waals surface area (Å²) in [5.74, 6) is 0.811. The Morgan fingerprint density at radius 2 is 1.74 bits per heavy atom. The Morgan fingerprint density at radius 3 is 2.26 bits per heavy atom. The maximum atomic E-state index is 12.2. The molecule has 1 aliphatic carbocycles. The standard InChI is InChI=1S/C15H30N2O.ClH/c1-12(2)8-7-9-13(3)17-14(18)15(16)10-5-4-6-11-15;/h12-13H,4-11,16H2,1-3H3,(H,17,18);1H. The molecule has 1 rings (SSSR count). The molecule has 1 unspecified atom stereocenters. The van der Waals surface area contributed by atoms with E-state index in [0.717, 1.165) is 38.0 Å². The lowest BCUT2D eigenvalue weighted by Crippen LogP contribution is -2.56. The Balaban J connectivity index is 0.00000324. The molecule has 3 N–H and O–H groups in total. The Bertz CT molecular complexity index is 263. The van der Waals surface area contributed by atoms with E-state index < -0.39 is 5.54 Å². The van der Waals surface area contributed by atoms with Crippen molar-refractivity contribution in [3.8, 4) is 0 Å². The topological polar surface area (TPSA) is 55.1 Å². The second-order valence-corrected chi connectivity index (χ2v) is 6.42. The van der Waals surface area contributed by atoms with Gasteiger partial charge in [-0.2, -0.15) is 0 Å². The van der Waals surface area contributed by atoms with Crippen LogP contribution >= 0.6 is 12.4 Å². The zero-order valence-corrected chi connectivity index (χ0v) is 13.5. The van der Waals surface area contributed by atoms with Gasteiger partial charge < -0.3 is 11.1 Å². The van der Waals surface area contributed by atoms with E-state index in [1.807, 2.05) is 0 Å². The van der Waals surface area contributed by atoms with Crippen molar-refractivity contribution in [2.45, 2.75) is 83.7 Å². The van der Waals surface area contributed by atoms with Gasteiger partial charge in [-0.05, 0) is 32.1 Å². The van der Waals surface area contributed by atoms with Crippen molar-refractivity contribution in [3.63, 3.8) is 0 Å². The van der Waals surface area contributed by atoms with Gasteiger partial charge in [-0.15, -0.1) is 12.4 Å². The number of halogens is 1. The zero-order chi connectivity index (χ0) is 13.6. The quantitative estimate of drug-likeness (QED) is 0.788. The van der Waals surface area contributed by atoms with Crippen molar-refractivity contribution in [1.82, 2.24) is 5.32 Å². The van der Waals surface area contributed by atoms with Crippen LogP contribution in [0.15, 0.2) is 0 Å². The van der Waals surface area contributed by atoms with E-state index in [2.05, 4.69) is 26.1 Å². The van der Waals surface area contributed by atoms with Gasteiger partial charge in [0.2, 0.25) is 5.91 Å². The molecule has 0 aromatic heterocycles. The molecule has 0 spiro atoms. The summed E-state index contributed by atoms with van der Waals surface area (Å²) in [5.41, 5.74) is 5.62. The first-order chi connectivity index (χ1) is 8.44. The normalized spacial score (nSPS) is 19.6. The smallest absolute Gasteiger partial charge is 0.240 e. The average Bonchev–Trinajstić information content (AvgIpc) is 2.29. The molecule has 1 aliphatic rings. The third kappa shape index (κ3) is 6.62. The van der Waals surface area contributed by atoms with E-state index in [9.17, 15) is 4.79 Å². The maximum Gasteiger partial charge on any atom is 0.240 e. The number of carbonyl (C=O) groups excluding carboxylic acids is 1. The van der Waals surface area contributed by atoms with E-state index in [0.29, 0.717) is 0 Å². The van der Waals surface area contributed by atoms with Crippen LogP contribution in [0.1, 0.15) is 72.1 Å². The third-order valence-electron chi connectivity index (χ3n) is 3.99. The Kier molecular flexibility index (Phi) is 8.67. The summed E-state index contributed by atoms with van der Waals surface area (Å²) in [5, 5.41) is 3.10. The number of nitrogens with two attached hydrogens (primary N) is 1. The van der Waals surface area contributed by atoms with Crippen LogP contribution in [0, 0.1) is 5.92 Å². The second-order valence-electron chi connectivity index (χ2n) is 6.42. The van der Waals surface area contributed by atoms with Gasteiger partial charge in [-0.25, -0.2) is 0 Å². The zero-order valence-electron chi connectivity index (χ0n) is 12.7. The highest BCUT2D eigenvalue weighted by molar-refractivity contribution is 5.86. The van der Waals surface area contributed by atoms with Gasteiger partial charge in [0, 0.05) is 6.04 Å². The molecule has 1 amide bonds. The van der Waals surface area contributed by atoms with Crippen molar-refractivity contribution < 1.29 is 4.79 Å². The molecule has 1 atom stereocenters. The Labute approximate surface area is 124 Å². The molecule has 1 fully saturated rings. The molecule has 1 saturated carbocycles. The lowest BCUT2D eigenvalue weighted by atomic mass is 9.81. The molecule has 0 heterocycles. The number of carbonyl (C=O) groups is 1. The van der Waals surface area contributed by atoms with Gasteiger partial charge in [-0.1, -0.05) is 46.0 Å². The summed E-state index contributed by atoms with van der Waals surface area (Å²) in [4.78, 5) is 12.2. The molecule has 0 bridgehead atoms.